The highest BCUT2D eigenvalue weighted by atomic mass is 35.5. The van der Waals surface area contributed by atoms with Crippen LogP contribution in [0.15, 0.2) is 18.2 Å². The van der Waals surface area contributed by atoms with Crippen molar-refractivity contribution in [3.8, 4) is 5.75 Å². The second-order valence-electron chi connectivity index (χ2n) is 4.85. The normalized spacial score (nSPS) is 12.7. The third-order valence-corrected chi connectivity index (χ3v) is 3.34. The molecule has 1 rings (SSSR count). The van der Waals surface area contributed by atoms with Gasteiger partial charge >= 0.3 is 0 Å². The molecule has 0 saturated heterocycles. The van der Waals surface area contributed by atoms with E-state index in [0.717, 1.165) is 36.1 Å². The maximum Gasteiger partial charge on any atom is 0.123 e. The van der Waals surface area contributed by atoms with E-state index in [-0.39, 0.29) is 0 Å². The first kappa shape index (κ1) is 16.3. The minimum atomic E-state index is 0.323. The third kappa shape index (κ3) is 5.39. The molecule has 1 aromatic carbocycles. The van der Waals surface area contributed by atoms with Gasteiger partial charge in [0.05, 0.1) is 13.7 Å². The van der Waals surface area contributed by atoms with Gasteiger partial charge in [-0.25, -0.2) is 0 Å². The number of benzene rings is 1. The summed E-state index contributed by atoms with van der Waals surface area (Å²) in [6.07, 6.45) is 0. The van der Waals surface area contributed by atoms with Crippen LogP contribution in [0.3, 0.4) is 0 Å². The first-order chi connectivity index (χ1) is 9.08. The Morgan fingerprint density at radius 3 is 2.63 bits per heavy atom. The molecule has 0 aliphatic rings. The van der Waals surface area contributed by atoms with E-state index >= 15 is 0 Å². The Bertz CT molecular complexity index is 382. The van der Waals surface area contributed by atoms with Gasteiger partial charge in [-0.1, -0.05) is 25.4 Å². The number of ether oxygens (including phenoxy) is 2. The summed E-state index contributed by atoms with van der Waals surface area (Å²) in [5.74, 6) is 1.37. The third-order valence-electron chi connectivity index (χ3n) is 3.10. The van der Waals surface area contributed by atoms with Gasteiger partial charge in [0.2, 0.25) is 0 Å². The number of halogens is 1. The van der Waals surface area contributed by atoms with Gasteiger partial charge in [0, 0.05) is 29.8 Å². The van der Waals surface area contributed by atoms with E-state index in [2.05, 4.69) is 19.2 Å². The van der Waals surface area contributed by atoms with E-state index < -0.39 is 0 Å². The van der Waals surface area contributed by atoms with Crippen molar-refractivity contribution in [1.29, 1.82) is 0 Å². The number of hydrogen-bond acceptors (Lipinski definition) is 3. The van der Waals surface area contributed by atoms with Gasteiger partial charge < -0.3 is 14.8 Å². The molecule has 1 atom stereocenters. The molecule has 1 aromatic rings. The monoisotopic (exact) mass is 285 g/mol. The molecule has 0 fully saturated rings. The van der Waals surface area contributed by atoms with Crippen LogP contribution in [0.2, 0.25) is 5.02 Å². The summed E-state index contributed by atoms with van der Waals surface area (Å²) in [5, 5.41) is 4.23. The fraction of sp³-hybridized carbons (Fsp3) is 0.600. The van der Waals surface area contributed by atoms with Crippen LogP contribution >= 0.6 is 11.6 Å². The first-order valence-electron chi connectivity index (χ1n) is 6.72. The predicted molar refractivity (Wildman–Crippen MR) is 80.0 cm³/mol. The lowest BCUT2D eigenvalue weighted by Gasteiger charge is -2.22. The Morgan fingerprint density at radius 1 is 1.32 bits per heavy atom. The molecule has 1 unspecified atom stereocenters. The van der Waals surface area contributed by atoms with Crippen LogP contribution in [0.5, 0.6) is 5.75 Å². The Hall–Kier alpha value is -0.770. The summed E-state index contributed by atoms with van der Waals surface area (Å²) in [6, 6.07) is 5.99. The van der Waals surface area contributed by atoms with Crippen LogP contribution in [-0.2, 0) is 11.3 Å². The molecule has 0 amide bonds. The lowest BCUT2D eigenvalue weighted by molar-refractivity contribution is 0.107. The van der Waals surface area contributed by atoms with E-state index in [4.69, 9.17) is 21.1 Å². The van der Waals surface area contributed by atoms with E-state index in [0.29, 0.717) is 12.0 Å². The number of methoxy groups -OCH3 is 1. The quantitative estimate of drug-likeness (QED) is 0.793. The molecule has 4 heteroatoms. The van der Waals surface area contributed by atoms with Crippen molar-refractivity contribution in [1.82, 2.24) is 5.32 Å². The largest absolute Gasteiger partial charge is 0.496 e. The second kappa shape index (κ2) is 8.41. The smallest absolute Gasteiger partial charge is 0.123 e. The van der Waals surface area contributed by atoms with Gasteiger partial charge in [0.25, 0.3) is 0 Å². The maximum atomic E-state index is 6.03. The molecule has 0 aromatic heterocycles. The van der Waals surface area contributed by atoms with E-state index in [1.54, 1.807) is 7.11 Å². The van der Waals surface area contributed by atoms with Crippen molar-refractivity contribution in [3.05, 3.63) is 28.8 Å². The summed E-state index contributed by atoms with van der Waals surface area (Å²) in [6.45, 7) is 8.57. The molecule has 0 radical (unpaired) electrons. The molecule has 1 N–H and O–H groups in total. The highest BCUT2D eigenvalue weighted by molar-refractivity contribution is 6.30. The molecule has 108 valence electrons. The summed E-state index contributed by atoms with van der Waals surface area (Å²) >= 11 is 6.03. The van der Waals surface area contributed by atoms with Crippen LogP contribution in [0.25, 0.3) is 0 Å². The zero-order valence-corrected chi connectivity index (χ0v) is 13.0. The molecule has 3 nitrogen and oxygen atoms in total. The topological polar surface area (TPSA) is 30.5 Å². The van der Waals surface area contributed by atoms with Gasteiger partial charge in [-0.3, -0.25) is 0 Å². The second-order valence-corrected chi connectivity index (χ2v) is 5.28. The van der Waals surface area contributed by atoms with Crippen molar-refractivity contribution in [2.24, 2.45) is 5.92 Å². The van der Waals surface area contributed by atoms with Crippen LogP contribution in [0.1, 0.15) is 26.3 Å². The van der Waals surface area contributed by atoms with Crippen molar-refractivity contribution in [2.45, 2.75) is 33.4 Å². The molecular weight excluding hydrogens is 262 g/mol. The summed E-state index contributed by atoms with van der Waals surface area (Å²) in [7, 11) is 1.67. The van der Waals surface area contributed by atoms with Crippen LogP contribution in [0, 0.1) is 5.92 Å². The van der Waals surface area contributed by atoms with Crippen molar-refractivity contribution < 1.29 is 9.47 Å². The van der Waals surface area contributed by atoms with Crippen molar-refractivity contribution in [2.75, 3.05) is 20.3 Å². The molecule has 19 heavy (non-hydrogen) atoms. The number of hydrogen-bond donors (Lipinski definition) is 1. The first-order valence-corrected chi connectivity index (χ1v) is 7.09. The van der Waals surface area contributed by atoms with E-state index in [9.17, 15) is 0 Å². The average molecular weight is 286 g/mol. The van der Waals surface area contributed by atoms with E-state index in [1.807, 2.05) is 25.1 Å². The van der Waals surface area contributed by atoms with Gasteiger partial charge in [0.1, 0.15) is 5.75 Å². The highest BCUT2D eigenvalue weighted by Crippen LogP contribution is 2.22. The summed E-state index contributed by atoms with van der Waals surface area (Å²) < 4.78 is 10.9. The lowest BCUT2D eigenvalue weighted by Crippen LogP contribution is -2.37. The van der Waals surface area contributed by atoms with Crippen molar-refractivity contribution >= 4 is 11.6 Å². The van der Waals surface area contributed by atoms with Gasteiger partial charge in [0.15, 0.2) is 0 Å². The summed E-state index contributed by atoms with van der Waals surface area (Å²) in [5.41, 5.74) is 1.07. The standard InChI is InChI=1S/C15H24ClNO2/c1-5-19-10-14(11(2)3)17-9-12-8-13(16)6-7-15(12)18-4/h6-8,11,14,17H,5,9-10H2,1-4H3. The zero-order chi connectivity index (χ0) is 14.3. The van der Waals surface area contributed by atoms with Crippen molar-refractivity contribution in [3.63, 3.8) is 0 Å². The van der Waals surface area contributed by atoms with Gasteiger partial charge in [-0.2, -0.15) is 0 Å². The molecule has 0 aliphatic heterocycles. The minimum absolute atomic E-state index is 0.323. The highest BCUT2D eigenvalue weighted by Gasteiger charge is 2.14. The lowest BCUT2D eigenvalue weighted by atomic mass is 10.0. The minimum Gasteiger partial charge on any atom is -0.496 e. The molecule has 0 spiro atoms. The number of rotatable bonds is 8. The Kier molecular flexibility index (Phi) is 7.21. The molecular formula is C15H24ClNO2. The Morgan fingerprint density at radius 2 is 2.05 bits per heavy atom. The number of nitrogens with one attached hydrogen (secondary N) is 1. The van der Waals surface area contributed by atoms with Gasteiger partial charge in [-0.15, -0.1) is 0 Å². The fourth-order valence-electron chi connectivity index (χ4n) is 1.86. The van der Waals surface area contributed by atoms with Crippen LogP contribution in [-0.4, -0.2) is 26.4 Å². The Balaban J connectivity index is 2.65. The molecule has 0 bridgehead atoms. The van der Waals surface area contributed by atoms with Gasteiger partial charge in [-0.05, 0) is 31.0 Å². The molecule has 0 heterocycles. The molecule has 0 aliphatic carbocycles. The predicted octanol–water partition coefficient (Wildman–Crippen LogP) is 3.50. The maximum absolute atomic E-state index is 6.03. The van der Waals surface area contributed by atoms with Crippen LogP contribution < -0.4 is 10.1 Å². The fourth-order valence-corrected chi connectivity index (χ4v) is 2.05. The average Bonchev–Trinajstić information content (AvgIpc) is 2.38. The summed E-state index contributed by atoms with van der Waals surface area (Å²) in [4.78, 5) is 0. The molecule has 0 saturated carbocycles. The zero-order valence-electron chi connectivity index (χ0n) is 12.2. The SMILES string of the molecule is CCOCC(NCc1cc(Cl)ccc1OC)C(C)C. The Labute approximate surface area is 121 Å². The van der Waals surface area contributed by atoms with E-state index in [1.165, 1.54) is 0 Å². The van der Waals surface area contributed by atoms with Crippen LogP contribution in [0.4, 0.5) is 0 Å².